The number of furan rings is 1. The number of hydrogen-bond acceptors (Lipinski definition) is 7. The van der Waals surface area contributed by atoms with Gasteiger partial charge in [-0.05, 0) is 47.5 Å². The van der Waals surface area contributed by atoms with Gasteiger partial charge in [-0.2, -0.15) is 5.10 Å². The molecule has 6 nitrogen and oxygen atoms in total. The molecule has 1 fully saturated rings. The minimum atomic E-state index is -0.151. The maximum absolute atomic E-state index is 13.1. The van der Waals surface area contributed by atoms with Crippen LogP contribution in [0.25, 0.3) is 6.08 Å². The largest absolute Gasteiger partial charge is 0.496 e. The zero-order chi connectivity index (χ0) is 20.1. The number of amidine groups is 1. The van der Waals surface area contributed by atoms with Crippen LogP contribution in [0.5, 0.6) is 5.75 Å². The fourth-order valence-electron chi connectivity index (χ4n) is 2.71. The third-order valence-electron chi connectivity index (χ3n) is 4.08. The van der Waals surface area contributed by atoms with Crippen molar-refractivity contribution in [2.45, 2.75) is 6.54 Å². The first-order chi connectivity index (χ1) is 14.2. The van der Waals surface area contributed by atoms with Gasteiger partial charge in [0.15, 0.2) is 5.17 Å². The van der Waals surface area contributed by atoms with Gasteiger partial charge in [0.1, 0.15) is 11.5 Å². The van der Waals surface area contributed by atoms with Gasteiger partial charge in [0.25, 0.3) is 5.91 Å². The van der Waals surface area contributed by atoms with Crippen LogP contribution in [0, 0.1) is 0 Å². The van der Waals surface area contributed by atoms with Crippen molar-refractivity contribution in [3.8, 4) is 5.75 Å². The topological polar surface area (TPSA) is 67.4 Å². The second-order valence-electron chi connectivity index (χ2n) is 5.97. The van der Waals surface area contributed by atoms with Gasteiger partial charge < -0.3 is 9.15 Å². The monoisotopic (exact) mass is 423 g/mol. The number of carbonyl (C=O) groups excluding carboxylic acids is 1. The van der Waals surface area contributed by atoms with E-state index >= 15 is 0 Å². The highest BCUT2D eigenvalue weighted by Gasteiger charge is 2.34. The van der Waals surface area contributed by atoms with Crippen molar-refractivity contribution in [2.75, 3.05) is 7.11 Å². The van der Waals surface area contributed by atoms with Crippen molar-refractivity contribution in [3.05, 3.63) is 81.3 Å². The van der Waals surface area contributed by atoms with E-state index in [1.54, 1.807) is 41.9 Å². The molecule has 29 heavy (non-hydrogen) atoms. The van der Waals surface area contributed by atoms with Gasteiger partial charge in [0, 0.05) is 10.4 Å². The van der Waals surface area contributed by atoms with Crippen molar-refractivity contribution in [3.63, 3.8) is 0 Å². The summed E-state index contributed by atoms with van der Waals surface area (Å²) in [6, 6.07) is 15.1. The SMILES string of the molecule is COc1ccccc1/C=C1\S/C(=N/N=C\c2cccs2)N(Cc2ccco2)C1=O. The number of para-hydroxylation sites is 1. The molecule has 0 atom stereocenters. The first-order valence-corrected chi connectivity index (χ1v) is 10.5. The smallest absolute Gasteiger partial charge is 0.267 e. The molecule has 1 amide bonds. The molecule has 0 radical (unpaired) electrons. The fraction of sp³-hybridized carbons (Fsp3) is 0.0952. The van der Waals surface area contributed by atoms with Crippen LogP contribution in [0.1, 0.15) is 16.2 Å². The van der Waals surface area contributed by atoms with Gasteiger partial charge in [-0.15, -0.1) is 16.4 Å². The van der Waals surface area contributed by atoms with Crippen molar-refractivity contribution in [1.82, 2.24) is 4.90 Å². The van der Waals surface area contributed by atoms with Crippen LogP contribution < -0.4 is 4.74 Å². The molecule has 8 heteroatoms. The van der Waals surface area contributed by atoms with Crippen molar-refractivity contribution in [1.29, 1.82) is 0 Å². The van der Waals surface area contributed by atoms with Crippen molar-refractivity contribution in [2.24, 2.45) is 10.2 Å². The van der Waals surface area contributed by atoms with E-state index in [9.17, 15) is 4.79 Å². The van der Waals surface area contributed by atoms with Crippen LogP contribution in [0.3, 0.4) is 0 Å². The molecule has 4 rings (SSSR count). The highest BCUT2D eigenvalue weighted by Crippen LogP contribution is 2.35. The first kappa shape index (κ1) is 19.2. The van der Waals surface area contributed by atoms with Crippen molar-refractivity contribution < 1.29 is 13.9 Å². The molecule has 0 bridgehead atoms. The molecule has 1 aliphatic heterocycles. The Morgan fingerprint density at radius 2 is 2.07 bits per heavy atom. The average molecular weight is 424 g/mol. The predicted molar refractivity (Wildman–Crippen MR) is 117 cm³/mol. The Morgan fingerprint density at radius 1 is 1.17 bits per heavy atom. The van der Waals surface area contributed by atoms with E-state index in [4.69, 9.17) is 9.15 Å². The number of rotatable bonds is 6. The fourth-order valence-corrected chi connectivity index (χ4v) is 4.21. The summed E-state index contributed by atoms with van der Waals surface area (Å²) < 4.78 is 10.8. The van der Waals surface area contributed by atoms with E-state index in [-0.39, 0.29) is 12.5 Å². The zero-order valence-corrected chi connectivity index (χ0v) is 17.2. The molecule has 1 aromatic carbocycles. The predicted octanol–water partition coefficient (Wildman–Crippen LogP) is 4.86. The molecule has 0 saturated carbocycles. The number of ether oxygens (including phenoxy) is 1. The van der Waals surface area contributed by atoms with Crippen molar-refractivity contribution >= 4 is 46.5 Å². The number of thiophene rings is 1. The maximum Gasteiger partial charge on any atom is 0.267 e. The van der Waals surface area contributed by atoms with Crippen LogP contribution in [-0.4, -0.2) is 29.3 Å². The van der Waals surface area contributed by atoms with Gasteiger partial charge in [-0.25, -0.2) is 0 Å². The Bertz CT molecular complexity index is 1070. The van der Waals surface area contributed by atoms with Crippen LogP contribution in [-0.2, 0) is 11.3 Å². The van der Waals surface area contributed by atoms with E-state index in [0.29, 0.717) is 21.6 Å². The Balaban J connectivity index is 1.64. The number of carbonyl (C=O) groups is 1. The molecule has 0 spiro atoms. The van der Waals surface area contributed by atoms with Crippen LogP contribution >= 0.6 is 23.1 Å². The zero-order valence-electron chi connectivity index (χ0n) is 15.5. The summed E-state index contributed by atoms with van der Waals surface area (Å²) in [6.07, 6.45) is 5.07. The summed E-state index contributed by atoms with van der Waals surface area (Å²) in [7, 11) is 1.61. The Hall–Kier alpha value is -3.10. The highest BCUT2D eigenvalue weighted by molar-refractivity contribution is 8.18. The number of hydrogen-bond donors (Lipinski definition) is 0. The standard InChI is InChI=1S/C21H17N3O3S2/c1-26-18-9-3-2-6-15(18)12-19-20(25)24(14-16-7-4-10-27-16)21(29-19)23-22-13-17-8-5-11-28-17/h2-13H,14H2,1H3/b19-12-,22-13-,23-21+. The van der Waals surface area contributed by atoms with E-state index in [0.717, 1.165) is 10.4 Å². The minimum absolute atomic E-state index is 0.151. The maximum atomic E-state index is 13.1. The number of amides is 1. The number of nitrogens with zero attached hydrogens (tertiary/aromatic N) is 3. The van der Waals surface area contributed by atoms with Gasteiger partial charge in [-0.3, -0.25) is 9.69 Å². The second-order valence-corrected chi connectivity index (χ2v) is 7.95. The molecule has 3 heterocycles. The van der Waals surface area contributed by atoms with Gasteiger partial charge in [-0.1, -0.05) is 24.3 Å². The van der Waals surface area contributed by atoms with E-state index in [2.05, 4.69) is 10.2 Å². The summed E-state index contributed by atoms with van der Waals surface area (Å²) in [4.78, 5) is 16.2. The summed E-state index contributed by atoms with van der Waals surface area (Å²) in [5.41, 5.74) is 0.826. The highest BCUT2D eigenvalue weighted by atomic mass is 32.2. The molecule has 3 aromatic rings. The molecule has 0 unspecified atom stereocenters. The summed E-state index contributed by atoms with van der Waals surface area (Å²) in [6.45, 7) is 0.287. The number of methoxy groups -OCH3 is 1. The van der Waals surface area contributed by atoms with Crippen LogP contribution in [0.15, 0.2) is 79.7 Å². The summed E-state index contributed by atoms with van der Waals surface area (Å²) in [5, 5.41) is 10.9. The Kier molecular flexibility index (Phi) is 5.92. The second kappa shape index (κ2) is 8.93. The molecular weight excluding hydrogens is 406 g/mol. The van der Waals surface area contributed by atoms with Gasteiger partial charge in [0.2, 0.25) is 0 Å². The Morgan fingerprint density at radius 3 is 2.83 bits per heavy atom. The van der Waals surface area contributed by atoms with Gasteiger partial charge in [0.05, 0.1) is 31.0 Å². The van der Waals surface area contributed by atoms with E-state index in [1.807, 2.05) is 53.9 Å². The average Bonchev–Trinajstić information content (AvgIpc) is 3.49. The summed E-state index contributed by atoms with van der Waals surface area (Å²) >= 11 is 2.85. The normalized spacial score (nSPS) is 17.1. The molecule has 0 aliphatic carbocycles. The third kappa shape index (κ3) is 4.49. The van der Waals surface area contributed by atoms with E-state index in [1.165, 1.54) is 11.8 Å². The lowest BCUT2D eigenvalue weighted by Gasteiger charge is -2.12. The quantitative estimate of drug-likeness (QED) is 0.323. The first-order valence-electron chi connectivity index (χ1n) is 8.76. The minimum Gasteiger partial charge on any atom is -0.496 e. The molecule has 2 aromatic heterocycles. The lowest BCUT2D eigenvalue weighted by Crippen LogP contribution is -2.28. The van der Waals surface area contributed by atoms with Gasteiger partial charge >= 0.3 is 0 Å². The summed E-state index contributed by atoms with van der Waals surface area (Å²) in [5.74, 6) is 1.22. The number of thioether (sulfide) groups is 1. The lowest BCUT2D eigenvalue weighted by molar-refractivity contribution is -0.122. The molecule has 0 N–H and O–H groups in total. The molecule has 146 valence electrons. The third-order valence-corrected chi connectivity index (χ3v) is 5.88. The van der Waals surface area contributed by atoms with E-state index < -0.39 is 0 Å². The van der Waals surface area contributed by atoms with Crippen LogP contribution in [0.4, 0.5) is 0 Å². The van der Waals surface area contributed by atoms with Crippen LogP contribution in [0.2, 0.25) is 0 Å². The molecule has 1 aliphatic rings. The molecule has 1 saturated heterocycles. The lowest BCUT2D eigenvalue weighted by atomic mass is 10.2. The number of benzene rings is 1. The molecular formula is C21H17N3O3S2. The Labute approximate surface area is 176 Å².